The van der Waals surface area contributed by atoms with E-state index in [1.54, 1.807) is 6.92 Å². The van der Waals surface area contributed by atoms with E-state index in [2.05, 4.69) is 10.6 Å². The third-order valence-electron chi connectivity index (χ3n) is 3.62. The molecule has 1 aliphatic rings. The highest BCUT2D eigenvalue weighted by Gasteiger charge is 2.35. The van der Waals surface area contributed by atoms with Gasteiger partial charge in [-0.3, -0.25) is 9.69 Å². The van der Waals surface area contributed by atoms with Gasteiger partial charge in [-0.2, -0.15) is 13.2 Å². The Labute approximate surface area is 131 Å². The number of alkyl halides is 3. The molecule has 2 rings (SSSR count). The number of carbonyl (C=O) groups excluding carboxylic acids is 1. The smallest absolute Gasteiger partial charge is 0.324 e. The van der Waals surface area contributed by atoms with Gasteiger partial charge in [-0.05, 0) is 25.1 Å². The molecule has 1 unspecified atom stereocenters. The Morgan fingerprint density at radius 2 is 2.00 bits per heavy atom. The van der Waals surface area contributed by atoms with Crippen LogP contribution in [0.5, 0.6) is 0 Å². The molecule has 1 atom stereocenters. The third kappa shape index (κ3) is 4.12. The number of hydrogen-bond acceptors (Lipinski definition) is 3. The van der Waals surface area contributed by atoms with E-state index >= 15 is 0 Å². The van der Waals surface area contributed by atoms with E-state index in [1.807, 2.05) is 4.90 Å². The molecule has 0 aromatic heterocycles. The maximum absolute atomic E-state index is 13.0. The molecular weight excluding hydrogens is 319 g/mol. The van der Waals surface area contributed by atoms with E-state index in [0.717, 1.165) is 19.2 Å². The van der Waals surface area contributed by atoms with Crippen LogP contribution in [0.1, 0.15) is 12.5 Å². The highest BCUT2D eigenvalue weighted by atomic mass is 35.5. The van der Waals surface area contributed by atoms with Crippen molar-refractivity contribution < 1.29 is 18.0 Å². The maximum atomic E-state index is 13.0. The van der Waals surface area contributed by atoms with Crippen LogP contribution >= 0.6 is 11.6 Å². The zero-order valence-corrected chi connectivity index (χ0v) is 12.8. The summed E-state index contributed by atoms with van der Waals surface area (Å²) in [6.45, 7) is 4.56. The normalized spacial score (nSPS) is 18.0. The van der Waals surface area contributed by atoms with Gasteiger partial charge in [-0.15, -0.1) is 0 Å². The van der Waals surface area contributed by atoms with Crippen LogP contribution < -0.4 is 10.6 Å². The quantitative estimate of drug-likeness (QED) is 0.892. The third-order valence-corrected chi connectivity index (χ3v) is 3.86. The topological polar surface area (TPSA) is 44.4 Å². The van der Waals surface area contributed by atoms with Gasteiger partial charge in [0, 0.05) is 31.2 Å². The first-order valence-corrected chi connectivity index (χ1v) is 7.29. The maximum Gasteiger partial charge on any atom is 0.418 e. The summed E-state index contributed by atoms with van der Waals surface area (Å²) >= 11 is 5.62. The number of amides is 1. The van der Waals surface area contributed by atoms with Gasteiger partial charge in [-0.25, -0.2) is 0 Å². The van der Waals surface area contributed by atoms with E-state index in [9.17, 15) is 18.0 Å². The summed E-state index contributed by atoms with van der Waals surface area (Å²) < 4.78 is 39.0. The van der Waals surface area contributed by atoms with Crippen molar-refractivity contribution in [1.29, 1.82) is 0 Å². The lowest BCUT2D eigenvalue weighted by Gasteiger charge is -2.32. The Kier molecular flexibility index (Phi) is 5.31. The van der Waals surface area contributed by atoms with Crippen LogP contribution in [0.4, 0.5) is 18.9 Å². The molecule has 1 fully saturated rings. The molecule has 1 saturated heterocycles. The average molecular weight is 336 g/mol. The largest absolute Gasteiger partial charge is 0.418 e. The Balaban J connectivity index is 2.14. The number of halogens is 4. The highest BCUT2D eigenvalue weighted by Crippen LogP contribution is 2.36. The number of benzene rings is 1. The summed E-state index contributed by atoms with van der Waals surface area (Å²) in [6.07, 6.45) is -4.58. The van der Waals surface area contributed by atoms with Crippen LogP contribution in [-0.2, 0) is 11.0 Å². The van der Waals surface area contributed by atoms with Gasteiger partial charge in [0.05, 0.1) is 17.3 Å². The second kappa shape index (κ2) is 6.85. The van der Waals surface area contributed by atoms with Crippen LogP contribution in [0.2, 0.25) is 5.02 Å². The second-order valence-electron chi connectivity index (χ2n) is 5.14. The van der Waals surface area contributed by atoms with Gasteiger partial charge < -0.3 is 10.6 Å². The van der Waals surface area contributed by atoms with Crippen LogP contribution in [0.3, 0.4) is 0 Å². The molecule has 22 heavy (non-hydrogen) atoms. The number of hydrogen-bond donors (Lipinski definition) is 2. The summed E-state index contributed by atoms with van der Waals surface area (Å²) in [5.74, 6) is -0.463. The Bertz CT molecular complexity index is 545. The van der Waals surface area contributed by atoms with Gasteiger partial charge in [0.15, 0.2) is 0 Å². The Morgan fingerprint density at radius 3 is 2.59 bits per heavy atom. The average Bonchev–Trinajstić information content (AvgIpc) is 2.48. The number of piperazine rings is 1. The molecule has 0 saturated carbocycles. The van der Waals surface area contributed by atoms with Crippen molar-refractivity contribution in [2.45, 2.75) is 19.1 Å². The number of nitrogens with one attached hydrogen (secondary N) is 2. The fourth-order valence-corrected chi connectivity index (χ4v) is 2.50. The SMILES string of the molecule is CC(C(=O)Nc1ccc(Cl)cc1C(F)(F)F)N1CCNCC1. The van der Waals surface area contributed by atoms with Gasteiger partial charge in [0.2, 0.25) is 5.91 Å². The summed E-state index contributed by atoms with van der Waals surface area (Å²) in [7, 11) is 0. The number of rotatable bonds is 3. The Morgan fingerprint density at radius 1 is 1.36 bits per heavy atom. The van der Waals surface area contributed by atoms with E-state index in [4.69, 9.17) is 11.6 Å². The molecule has 122 valence electrons. The van der Waals surface area contributed by atoms with Crippen LogP contribution in [0.25, 0.3) is 0 Å². The Hall–Kier alpha value is -1.31. The second-order valence-corrected chi connectivity index (χ2v) is 5.58. The molecule has 2 N–H and O–H groups in total. The fourth-order valence-electron chi connectivity index (χ4n) is 2.33. The predicted octanol–water partition coefficient (Wildman–Crippen LogP) is 2.59. The fraction of sp³-hybridized carbons (Fsp3) is 0.500. The van der Waals surface area contributed by atoms with E-state index in [-0.39, 0.29) is 10.7 Å². The van der Waals surface area contributed by atoms with E-state index < -0.39 is 23.7 Å². The van der Waals surface area contributed by atoms with Crippen molar-refractivity contribution in [1.82, 2.24) is 10.2 Å². The lowest BCUT2D eigenvalue weighted by Crippen LogP contribution is -2.51. The minimum Gasteiger partial charge on any atom is -0.324 e. The van der Waals surface area contributed by atoms with Gasteiger partial charge >= 0.3 is 6.18 Å². The lowest BCUT2D eigenvalue weighted by molar-refractivity contribution is -0.137. The summed E-state index contributed by atoms with van der Waals surface area (Å²) in [5, 5.41) is 5.49. The van der Waals surface area contributed by atoms with Crippen molar-refractivity contribution in [3.05, 3.63) is 28.8 Å². The number of carbonyl (C=O) groups is 1. The molecule has 1 aromatic carbocycles. The van der Waals surface area contributed by atoms with Gasteiger partial charge in [-0.1, -0.05) is 11.6 Å². The first-order valence-electron chi connectivity index (χ1n) is 6.91. The summed E-state index contributed by atoms with van der Waals surface area (Å²) in [4.78, 5) is 14.1. The molecular formula is C14H17ClF3N3O. The standard InChI is InChI=1S/C14H17ClF3N3O/c1-9(21-6-4-19-5-7-21)13(22)20-12-3-2-10(15)8-11(12)14(16,17)18/h2-3,8-9,19H,4-7H2,1H3,(H,20,22). The minimum absolute atomic E-state index is 0.0273. The van der Waals surface area contributed by atoms with Crippen molar-refractivity contribution in [3.63, 3.8) is 0 Å². The molecule has 4 nitrogen and oxygen atoms in total. The summed E-state index contributed by atoms with van der Waals surface area (Å²) in [6, 6.07) is 2.81. The summed E-state index contributed by atoms with van der Waals surface area (Å²) in [5.41, 5.74) is -1.22. The molecule has 0 aliphatic carbocycles. The molecule has 0 radical (unpaired) electrons. The molecule has 0 bridgehead atoms. The van der Waals surface area contributed by atoms with Crippen LogP contribution in [-0.4, -0.2) is 43.0 Å². The van der Waals surface area contributed by atoms with Crippen LogP contribution in [0, 0.1) is 0 Å². The first kappa shape index (κ1) is 17.1. The first-order chi connectivity index (χ1) is 10.3. The minimum atomic E-state index is -4.58. The van der Waals surface area contributed by atoms with Crippen molar-refractivity contribution in [3.8, 4) is 0 Å². The van der Waals surface area contributed by atoms with Crippen molar-refractivity contribution >= 4 is 23.2 Å². The molecule has 1 aliphatic heterocycles. The molecule has 1 amide bonds. The number of anilines is 1. The van der Waals surface area contributed by atoms with Crippen LogP contribution in [0.15, 0.2) is 18.2 Å². The molecule has 0 spiro atoms. The predicted molar refractivity (Wildman–Crippen MR) is 79.0 cm³/mol. The highest BCUT2D eigenvalue weighted by molar-refractivity contribution is 6.30. The van der Waals surface area contributed by atoms with Gasteiger partial charge in [0.25, 0.3) is 0 Å². The van der Waals surface area contributed by atoms with Gasteiger partial charge in [0.1, 0.15) is 0 Å². The van der Waals surface area contributed by atoms with Crippen molar-refractivity contribution in [2.24, 2.45) is 0 Å². The van der Waals surface area contributed by atoms with E-state index in [1.165, 1.54) is 12.1 Å². The zero-order chi connectivity index (χ0) is 16.3. The lowest BCUT2D eigenvalue weighted by atomic mass is 10.1. The molecule has 8 heteroatoms. The zero-order valence-electron chi connectivity index (χ0n) is 12.0. The van der Waals surface area contributed by atoms with E-state index in [0.29, 0.717) is 13.1 Å². The monoisotopic (exact) mass is 335 g/mol. The van der Waals surface area contributed by atoms with Crippen molar-refractivity contribution in [2.75, 3.05) is 31.5 Å². The number of nitrogens with zero attached hydrogens (tertiary/aromatic N) is 1. The molecule has 1 heterocycles. The molecule has 1 aromatic rings.